The van der Waals surface area contributed by atoms with Gasteiger partial charge in [-0.3, -0.25) is 9.59 Å². The van der Waals surface area contributed by atoms with Crippen molar-refractivity contribution in [2.24, 2.45) is 5.92 Å². The molecular weight excluding hydrogens is 208 g/mol. The molecule has 1 heterocycles. The van der Waals surface area contributed by atoms with E-state index in [4.69, 9.17) is 5.11 Å². The molecule has 1 rings (SSSR count). The molecule has 0 aromatic carbocycles. The average molecular weight is 228 g/mol. The van der Waals surface area contributed by atoms with Crippen LogP contribution in [-0.2, 0) is 9.59 Å². The Labute approximate surface area is 95.8 Å². The third kappa shape index (κ3) is 4.18. The highest BCUT2D eigenvalue weighted by molar-refractivity contribution is 5.81. The van der Waals surface area contributed by atoms with Crippen LogP contribution in [0.25, 0.3) is 0 Å². The summed E-state index contributed by atoms with van der Waals surface area (Å²) in [7, 11) is 0. The monoisotopic (exact) mass is 228 g/mol. The number of carboxylic acid groups (broad SMARTS) is 1. The van der Waals surface area contributed by atoms with Gasteiger partial charge in [0, 0.05) is 13.0 Å². The van der Waals surface area contributed by atoms with Crippen molar-refractivity contribution in [3.05, 3.63) is 0 Å². The number of aliphatic carboxylic acids is 1. The third-order valence-electron chi connectivity index (χ3n) is 2.92. The molecule has 1 amide bonds. The molecule has 0 aromatic heterocycles. The molecule has 0 bridgehead atoms. The third-order valence-corrected chi connectivity index (χ3v) is 2.92. The van der Waals surface area contributed by atoms with Gasteiger partial charge < -0.3 is 15.3 Å². The lowest BCUT2D eigenvalue weighted by Gasteiger charge is -2.25. The van der Waals surface area contributed by atoms with Gasteiger partial charge in [-0.05, 0) is 38.8 Å². The molecule has 16 heavy (non-hydrogen) atoms. The van der Waals surface area contributed by atoms with E-state index in [9.17, 15) is 9.59 Å². The van der Waals surface area contributed by atoms with E-state index in [1.807, 2.05) is 0 Å². The summed E-state index contributed by atoms with van der Waals surface area (Å²) in [4.78, 5) is 23.8. The standard InChI is InChI=1S/C11H20N2O3/c1-2-13(8-11(15)16)10(14)6-9-4-3-5-12-7-9/h9,12H,2-8H2,1H3,(H,15,16). The molecule has 0 spiro atoms. The zero-order chi connectivity index (χ0) is 12.0. The van der Waals surface area contributed by atoms with Crippen LogP contribution in [0.5, 0.6) is 0 Å². The van der Waals surface area contributed by atoms with Crippen LogP contribution in [0.2, 0.25) is 0 Å². The first-order valence-electron chi connectivity index (χ1n) is 5.83. The maximum Gasteiger partial charge on any atom is 0.323 e. The van der Waals surface area contributed by atoms with Gasteiger partial charge in [-0.15, -0.1) is 0 Å². The zero-order valence-electron chi connectivity index (χ0n) is 9.74. The highest BCUT2D eigenvalue weighted by atomic mass is 16.4. The summed E-state index contributed by atoms with van der Waals surface area (Å²) in [5.41, 5.74) is 0. The fourth-order valence-electron chi connectivity index (χ4n) is 2.01. The molecule has 92 valence electrons. The number of rotatable bonds is 5. The van der Waals surface area contributed by atoms with Gasteiger partial charge in [0.1, 0.15) is 6.54 Å². The van der Waals surface area contributed by atoms with Crippen LogP contribution < -0.4 is 5.32 Å². The Morgan fingerprint density at radius 3 is 2.75 bits per heavy atom. The van der Waals surface area contributed by atoms with Crippen LogP contribution in [0.3, 0.4) is 0 Å². The van der Waals surface area contributed by atoms with E-state index in [0.29, 0.717) is 18.9 Å². The molecule has 0 saturated carbocycles. The second-order valence-electron chi connectivity index (χ2n) is 4.22. The minimum Gasteiger partial charge on any atom is -0.480 e. The summed E-state index contributed by atoms with van der Waals surface area (Å²) in [6.45, 7) is 3.98. The Hall–Kier alpha value is -1.10. The molecule has 1 atom stereocenters. The van der Waals surface area contributed by atoms with Crippen LogP contribution in [0, 0.1) is 5.92 Å². The van der Waals surface area contributed by atoms with Gasteiger partial charge in [-0.2, -0.15) is 0 Å². The molecule has 1 saturated heterocycles. The van der Waals surface area contributed by atoms with Gasteiger partial charge in [0.05, 0.1) is 0 Å². The number of hydrogen-bond donors (Lipinski definition) is 2. The van der Waals surface area contributed by atoms with Crippen molar-refractivity contribution in [2.45, 2.75) is 26.2 Å². The van der Waals surface area contributed by atoms with Crippen LogP contribution in [0.1, 0.15) is 26.2 Å². The Morgan fingerprint density at radius 1 is 1.50 bits per heavy atom. The topological polar surface area (TPSA) is 69.6 Å². The smallest absolute Gasteiger partial charge is 0.323 e. The maximum absolute atomic E-state index is 11.8. The van der Waals surface area contributed by atoms with Crippen LogP contribution in [0.4, 0.5) is 0 Å². The second-order valence-corrected chi connectivity index (χ2v) is 4.22. The average Bonchev–Trinajstić information content (AvgIpc) is 2.26. The number of nitrogens with zero attached hydrogens (tertiary/aromatic N) is 1. The second kappa shape index (κ2) is 6.48. The van der Waals surface area contributed by atoms with Gasteiger partial charge in [-0.25, -0.2) is 0 Å². The van der Waals surface area contributed by atoms with Gasteiger partial charge >= 0.3 is 5.97 Å². The Kier molecular flexibility index (Phi) is 5.25. The van der Waals surface area contributed by atoms with E-state index in [1.165, 1.54) is 4.90 Å². The minimum atomic E-state index is -0.947. The van der Waals surface area contributed by atoms with E-state index < -0.39 is 5.97 Å². The molecule has 0 aliphatic carbocycles. The lowest BCUT2D eigenvalue weighted by molar-refractivity contribution is -0.144. The molecule has 5 heteroatoms. The van der Waals surface area contributed by atoms with Gasteiger partial charge in [-0.1, -0.05) is 0 Å². The summed E-state index contributed by atoms with van der Waals surface area (Å²) in [5.74, 6) is -0.625. The van der Waals surface area contributed by atoms with E-state index >= 15 is 0 Å². The van der Waals surface area contributed by atoms with E-state index in [-0.39, 0.29) is 12.5 Å². The lowest BCUT2D eigenvalue weighted by Crippen LogP contribution is -2.39. The maximum atomic E-state index is 11.8. The predicted molar refractivity (Wildman–Crippen MR) is 60.1 cm³/mol. The Bertz CT molecular complexity index is 250. The number of hydrogen-bond acceptors (Lipinski definition) is 3. The number of amides is 1. The highest BCUT2D eigenvalue weighted by Gasteiger charge is 2.21. The number of piperidine rings is 1. The van der Waals surface area contributed by atoms with Gasteiger partial charge in [0.15, 0.2) is 0 Å². The van der Waals surface area contributed by atoms with E-state index in [1.54, 1.807) is 6.92 Å². The summed E-state index contributed by atoms with van der Waals surface area (Å²) in [6, 6.07) is 0. The van der Waals surface area contributed by atoms with Crippen LogP contribution >= 0.6 is 0 Å². The highest BCUT2D eigenvalue weighted by Crippen LogP contribution is 2.15. The van der Waals surface area contributed by atoms with Crippen molar-refractivity contribution in [2.75, 3.05) is 26.2 Å². The number of carboxylic acids is 1. The molecule has 2 N–H and O–H groups in total. The Balaban J connectivity index is 2.38. The molecule has 0 aromatic rings. The lowest BCUT2D eigenvalue weighted by atomic mass is 9.95. The quantitative estimate of drug-likeness (QED) is 0.710. The summed E-state index contributed by atoms with van der Waals surface area (Å²) in [6.07, 6.45) is 2.63. The summed E-state index contributed by atoms with van der Waals surface area (Å²) in [5, 5.41) is 11.9. The molecule has 0 radical (unpaired) electrons. The number of nitrogens with one attached hydrogen (secondary N) is 1. The van der Waals surface area contributed by atoms with Crippen molar-refractivity contribution in [1.82, 2.24) is 10.2 Å². The first-order chi connectivity index (χ1) is 7.63. The van der Waals surface area contributed by atoms with Crippen molar-refractivity contribution < 1.29 is 14.7 Å². The van der Waals surface area contributed by atoms with Crippen molar-refractivity contribution >= 4 is 11.9 Å². The number of carbonyl (C=O) groups excluding carboxylic acids is 1. The normalized spacial score (nSPS) is 20.4. The van der Waals surface area contributed by atoms with E-state index in [0.717, 1.165) is 25.9 Å². The molecule has 1 aliphatic rings. The first-order valence-corrected chi connectivity index (χ1v) is 5.83. The SMILES string of the molecule is CCN(CC(=O)O)C(=O)CC1CCCNC1. The minimum absolute atomic E-state index is 0.0430. The molecule has 5 nitrogen and oxygen atoms in total. The molecule has 1 unspecified atom stereocenters. The largest absolute Gasteiger partial charge is 0.480 e. The van der Waals surface area contributed by atoms with Crippen molar-refractivity contribution in [3.63, 3.8) is 0 Å². The first kappa shape index (κ1) is 13.0. The fourth-order valence-corrected chi connectivity index (χ4v) is 2.01. The van der Waals surface area contributed by atoms with Crippen LogP contribution in [0.15, 0.2) is 0 Å². The summed E-state index contributed by atoms with van der Waals surface area (Å²) >= 11 is 0. The number of likely N-dealkylation sites (N-methyl/N-ethyl adjacent to an activating group) is 1. The molecular formula is C11H20N2O3. The predicted octanol–water partition coefficient (Wildman–Crippen LogP) is 0.309. The van der Waals surface area contributed by atoms with Crippen molar-refractivity contribution in [1.29, 1.82) is 0 Å². The van der Waals surface area contributed by atoms with E-state index in [2.05, 4.69) is 5.32 Å². The van der Waals surface area contributed by atoms with Crippen LogP contribution in [-0.4, -0.2) is 48.1 Å². The van der Waals surface area contributed by atoms with Gasteiger partial charge in [0.2, 0.25) is 5.91 Å². The Morgan fingerprint density at radius 2 is 2.25 bits per heavy atom. The molecule has 1 fully saturated rings. The fraction of sp³-hybridized carbons (Fsp3) is 0.818. The number of carbonyl (C=O) groups is 2. The summed E-state index contributed by atoms with van der Waals surface area (Å²) < 4.78 is 0. The van der Waals surface area contributed by atoms with Crippen molar-refractivity contribution in [3.8, 4) is 0 Å². The van der Waals surface area contributed by atoms with Gasteiger partial charge in [0.25, 0.3) is 0 Å². The zero-order valence-corrected chi connectivity index (χ0v) is 9.74. The molecule has 1 aliphatic heterocycles.